The van der Waals surface area contributed by atoms with Crippen LogP contribution in [0.1, 0.15) is 91.7 Å². The second-order valence-electron chi connectivity index (χ2n) is 15.8. The van der Waals surface area contributed by atoms with E-state index in [1.54, 1.807) is 5.57 Å². The first kappa shape index (κ1) is 35.3. The van der Waals surface area contributed by atoms with E-state index in [2.05, 4.69) is 192 Å². The highest BCUT2D eigenvalue weighted by Gasteiger charge is 2.30. The van der Waals surface area contributed by atoms with Gasteiger partial charge in [-0.1, -0.05) is 132 Å². The SMILES string of the molecule is CCc1ccc(N(C2=CC=C(CC(C)C(C)(C)c3ccc(N(C4=CC=C(C(C)(C)C)CC4)c4ccccc4)cc3)CC2)c2ccccc2)cc1. The molecule has 1 unspecified atom stereocenters. The van der Waals surface area contributed by atoms with Gasteiger partial charge in [0.25, 0.3) is 0 Å². The molecule has 6 rings (SSSR count). The van der Waals surface area contributed by atoms with Gasteiger partial charge in [-0.05, 0) is 127 Å². The summed E-state index contributed by atoms with van der Waals surface area (Å²) in [6.07, 6.45) is 15.9. The molecule has 0 aliphatic heterocycles. The third-order valence-electron chi connectivity index (χ3n) is 11.2. The molecule has 258 valence electrons. The summed E-state index contributed by atoms with van der Waals surface area (Å²) in [4.78, 5) is 4.88. The molecule has 0 heterocycles. The molecule has 2 heteroatoms. The van der Waals surface area contributed by atoms with E-state index in [9.17, 15) is 0 Å². The molecule has 0 saturated heterocycles. The Morgan fingerprint density at radius 2 is 1.02 bits per heavy atom. The lowest BCUT2D eigenvalue weighted by atomic mass is 9.71. The van der Waals surface area contributed by atoms with Crippen LogP contribution in [0.5, 0.6) is 0 Å². The fourth-order valence-electron chi connectivity index (χ4n) is 7.43. The predicted octanol–water partition coefficient (Wildman–Crippen LogP) is 13.8. The Labute approximate surface area is 302 Å². The van der Waals surface area contributed by atoms with Crippen LogP contribution in [0.25, 0.3) is 0 Å². The molecular formula is C48H56N2. The predicted molar refractivity (Wildman–Crippen MR) is 216 cm³/mol. The molecule has 50 heavy (non-hydrogen) atoms. The number of benzene rings is 4. The van der Waals surface area contributed by atoms with Crippen LogP contribution < -0.4 is 9.80 Å². The molecule has 2 nitrogen and oxygen atoms in total. The maximum atomic E-state index is 2.45. The average molecular weight is 661 g/mol. The van der Waals surface area contributed by atoms with Crippen molar-refractivity contribution in [3.63, 3.8) is 0 Å². The monoisotopic (exact) mass is 660 g/mol. The lowest BCUT2D eigenvalue weighted by Gasteiger charge is -2.35. The second-order valence-corrected chi connectivity index (χ2v) is 15.8. The van der Waals surface area contributed by atoms with Gasteiger partial charge in [0.05, 0.1) is 0 Å². The van der Waals surface area contributed by atoms with Gasteiger partial charge in [0.1, 0.15) is 0 Å². The molecule has 0 fully saturated rings. The molecular weight excluding hydrogens is 605 g/mol. The van der Waals surface area contributed by atoms with E-state index in [0.29, 0.717) is 5.92 Å². The Hall–Kier alpha value is -4.56. The van der Waals surface area contributed by atoms with E-state index in [4.69, 9.17) is 0 Å². The van der Waals surface area contributed by atoms with E-state index in [-0.39, 0.29) is 10.8 Å². The number of nitrogens with zero attached hydrogens (tertiary/aromatic N) is 2. The molecule has 4 aromatic rings. The summed E-state index contributed by atoms with van der Waals surface area (Å²) >= 11 is 0. The Morgan fingerprint density at radius 3 is 1.46 bits per heavy atom. The van der Waals surface area contributed by atoms with Crippen LogP contribution in [0.15, 0.2) is 156 Å². The van der Waals surface area contributed by atoms with Crippen LogP contribution in [0, 0.1) is 11.3 Å². The maximum Gasteiger partial charge on any atom is 0.0458 e. The van der Waals surface area contributed by atoms with Gasteiger partial charge in [0.15, 0.2) is 0 Å². The van der Waals surface area contributed by atoms with Crippen molar-refractivity contribution in [2.45, 2.75) is 92.4 Å². The van der Waals surface area contributed by atoms with E-state index in [0.717, 1.165) is 38.5 Å². The first-order valence-electron chi connectivity index (χ1n) is 18.7. The van der Waals surface area contributed by atoms with Gasteiger partial charge in [0.2, 0.25) is 0 Å². The van der Waals surface area contributed by atoms with Crippen molar-refractivity contribution in [2.75, 3.05) is 9.80 Å². The van der Waals surface area contributed by atoms with Crippen LogP contribution in [0.3, 0.4) is 0 Å². The Bertz CT molecular complexity index is 1850. The van der Waals surface area contributed by atoms with E-state index in [1.807, 2.05) is 0 Å². The fraction of sp³-hybridized carbons (Fsp3) is 0.333. The van der Waals surface area contributed by atoms with Crippen molar-refractivity contribution in [2.24, 2.45) is 11.3 Å². The number of rotatable bonds is 11. The smallest absolute Gasteiger partial charge is 0.0458 e. The van der Waals surface area contributed by atoms with Crippen LogP contribution in [0.2, 0.25) is 0 Å². The standard InChI is InChI=1S/C48H56N2/c1-8-37-19-27-43(28-20-37)49(41-15-11-9-12-16-41)44-29-21-38(22-30-44)35-36(2)48(6,7)40-25-33-46(34-26-40)50(42-17-13-10-14-18-42)45-31-23-39(24-32-45)47(3,4)5/h9-21,23,25-29,31,33-34,36H,8,22,24,30,32,35H2,1-7H3. The van der Waals surface area contributed by atoms with E-state index >= 15 is 0 Å². The Balaban J connectivity index is 1.20. The van der Waals surface area contributed by atoms with E-state index in [1.165, 1.54) is 50.8 Å². The summed E-state index contributed by atoms with van der Waals surface area (Å²) in [5, 5.41) is 0. The van der Waals surface area contributed by atoms with Crippen molar-refractivity contribution in [3.8, 4) is 0 Å². The van der Waals surface area contributed by atoms with Crippen LogP contribution in [-0.2, 0) is 11.8 Å². The summed E-state index contributed by atoms with van der Waals surface area (Å²) in [7, 11) is 0. The zero-order valence-electron chi connectivity index (χ0n) is 31.4. The number of para-hydroxylation sites is 2. The number of aryl methyl sites for hydroxylation is 1. The number of hydrogen-bond donors (Lipinski definition) is 0. The quantitative estimate of drug-likeness (QED) is 0.158. The molecule has 0 amide bonds. The number of allylic oxidation sites excluding steroid dienone is 8. The van der Waals surface area contributed by atoms with Crippen LogP contribution >= 0.6 is 0 Å². The fourth-order valence-corrected chi connectivity index (χ4v) is 7.43. The second kappa shape index (κ2) is 15.1. The van der Waals surface area contributed by atoms with Crippen molar-refractivity contribution >= 4 is 22.7 Å². The lowest BCUT2D eigenvalue weighted by molar-refractivity contribution is 0.338. The minimum Gasteiger partial charge on any atom is -0.314 e. The molecule has 1 atom stereocenters. The van der Waals surface area contributed by atoms with Crippen molar-refractivity contribution in [1.82, 2.24) is 0 Å². The van der Waals surface area contributed by atoms with Crippen molar-refractivity contribution in [1.29, 1.82) is 0 Å². The molecule has 0 N–H and O–H groups in total. The van der Waals surface area contributed by atoms with Crippen molar-refractivity contribution in [3.05, 3.63) is 167 Å². The molecule has 4 aromatic carbocycles. The average Bonchev–Trinajstić information content (AvgIpc) is 3.14. The molecule has 2 aliphatic rings. The van der Waals surface area contributed by atoms with Gasteiger partial charge < -0.3 is 9.80 Å². The topological polar surface area (TPSA) is 6.48 Å². The maximum absolute atomic E-state index is 2.45. The van der Waals surface area contributed by atoms with Gasteiger partial charge in [-0.25, -0.2) is 0 Å². The summed E-state index contributed by atoms with van der Waals surface area (Å²) < 4.78 is 0. The number of hydrogen-bond acceptors (Lipinski definition) is 2. The summed E-state index contributed by atoms with van der Waals surface area (Å²) in [6.45, 7) is 16.5. The highest BCUT2D eigenvalue weighted by Crippen LogP contribution is 2.42. The zero-order chi connectivity index (χ0) is 35.3. The molecule has 0 aromatic heterocycles. The summed E-state index contributed by atoms with van der Waals surface area (Å²) in [5.41, 5.74) is 13.7. The van der Waals surface area contributed by atoms with Gasteiger partial charge >= 0.3 is 0 Å². The molecule has 0 bridgehead atoms. The third-order valence-corrected chi connectivity index (χ3v) is 11.2. The van der Waals surface area contributed by atoms with Crippen LogP contribution in [0.4, 0.5) is 22.7 Å². The van der Waals surface area contributed by atoms with Gasteiger partial charge in [0, 0.05) is 34.1 Å². The summed E-state index contributed by atoms with van der Waals surface area (Å²) in [6, 6.07) is 40.1. The lowest BCUT2D eigenvalue weighted by Crippen LogP contribution is -2.27. The zero-order valence-corrected chi connectivity index (χ0v) is 31.4. The normalized spacial score (nSPS) is 15.7. The first-order chi connectivity index (χ1) is 24.0. The molecule has 0 spiro atoms. The minimum absolute atomic E-state index is 0.0342. The highest BCUT2D eigenvalue weighted by atomic mass is 15.2. The highest BCUT2D eigenvalue weighted by molar-refractivity contribution is 5.70. The first-order valence-corrected chi connectivity index (χ1v) is 18.7. The van der Waals surface area contributed by atoms with Gasteiger partial charge in [-0.15, -0.1) is 0 Å². The van der Waals surface area contributed by atoms with Gasteiger partial charge in [-0.3, -0.25) is 0 Å². The molecule has 2 aliphatic carbocycles. The van der Waals surface area contributed by atoms with Crippen LogP contribution in [-0.4, -0.2) is 0 Å². The van der Waals surface area contributed by atoms with Crippen molar-refractivity contribution < 1.29 is 0 Å². The minimum atomic E-state index is 0.0342. The third kappa shape index (κ3) is 7.91. The largest absolute Gasteiger partial charge is 0.314 e. The molecule has 0 saturated carbocycles. The Morgan fingerprint density at radius 1 is 0.540 bits per heavy atom. The summed E-state index contributed by atoms with van der Waals surface area (Å²) in [5.74, 6) is 0.494. The Kier molecular flexibility index (Phi) is 10.7. The molecule has 0 radical (unpaired) electrons. The number of anilines is 4. The van der Waals surface area contributed by atoms with Gasteiger partial charge in [-0.2, -0.15) is 0 Å². The van der Waals surface area contributed by atoms with E-state index < -0.39 is 0 Å².